The Hall–Kier alpha value is -2.48. The molecule has 0 aliphatic carbocycles. The van der Waals surface area contributed by atoms with Crippen LogP contribution in [0.15, 0.2) is 48.5 Å². The normalized spacial score (nSPS) is 11.5. The van der Waals surface area contributed by atoms with Crippen molar-refractivity contribution in [1.82, 2.24) is 0 Å². The van der Waals surface area contributed by atoms with Gasteiger partial charge in [0.1, 0.15) is 0 Å². The molecule has 0 atom stereocenters. The van der Waals surface area contributed by atoms with E-state index in [0.29, 0.717) is 11.1 Å². The van der Waals surface area contributed by atoms with Gasteiger partial charge in [-0.15, -0.1) is 5.46 Å². The minimum absolute atomic E-state index is 0.527. The van der Waals surface area contributed by atoms with Gasteiger partial charge in [-0.2, -0.15) is 5.26 Å². The Morgan fingerprint density at radius 2 is 1.55 bits per heavy atom. The van der Waals surface area contributed by atoms with E-state index in [1.54, 1.807) is 36.4 Å². The highest BCUT2D eigenvalue weighted by molar-refractivity contribution is 6.73. The first-order valence-corrected chi connectivity index (χ1v) is 5.98. The molecule has 0 saturated heterocycles. The van der Waals surface area contributed by atoms with Gasteiger partial charge in [0.05, 0.1) is 11.6 Å². The van der Waals surface area contributed by atoms with Crippen LogP contribution in [-0.2, 0) is 0 Å². The lowest BCUT2D eigenvalue weighted by Gasteiger charge is -2.14. The number of nitrogens with zero attached hydrogens (tertiary/aromatic N) is 1. The van der Waals surface area contributed by atoms with Gasteiger partial charge < -0.3 is 12.9 Å². The van der Waals surface area contributed by atoms with E-state index in [0.717, 1.165) is 17.7 Å². The molecule has 2 rings (SSSR count). The predicted molar refractivity (Wildman–Crippen MR) is 75.2 cm³/mol. The van der Waals surface area contributed by atoms with Crippen LogP contribution in [0.25, 0.3) is 12.2 Å². The Morgan fingerprint density at radius 3 is 2.15 bits per heavy atom. The van der Waals surface area contributed by atoms with E-state index in [1.165, 1.54) is 12.1 Å². The van der Waals surface area contributed by atoms with Crippen LogP contribution in [-0.4, -0.2) is 6.98 Å². The SMILES string of the molecule is N#Cc1ccccc1/C=C\c1ccc([B-](F)(F)F)cc1. The maximum absolute atomic E-state index is 12.5. The van der Waals surface area contributed by atoms with Gasteiger partial charge in [0, 0.05) is 0 Å². The van der Waals surface area contributed by atoms with E-state index in [9.17, 15) is 12.9 Å². The third-order valence-electron chi connectivity index (χ3n) is 2.85. The minimum Gasteiger partial charge on any atom is -0.445 e. The van der Waals surface area contributed by atoms with Crippen LogP contribution in [0.5, 0.6) is 0 Å². The maximum atomic E-state index is 12.5. The zero-order chi connectivity index (χ0) is 14.6. The standard InChI is InChI=1S/C15H10BF3N/c17-16(18,19)15-9-6-12(7-10-15)5-8-13-3-1-2-4-14(13)11-20/h1-10H/q-1/b8-5-. The van der Waals surface area contributed by atoms with Crippen molar-refractivity contribution in [3.63, 3.8) is 0 Å². The van der Waals surface area contributed by atoms with Gasteiger partial charge in [-0.25, -0.2) is 0 Å². The third-order valence-corrected chi connectivity index (χ3v) is 2.85. The third kappa shape index (κ3) is 3.30. The van der Waals surface area contributed by atoms with Gasteiger partial charge in [-0.3, -0.25) is 0 Å². The number of nitriles is 1. The first kappa shape index (κ1) is 13.9. The minimum atomic E-state index is -4.95. The van der Waals surface area contributed by atoms with Crippen LogP contribution in [0.2, 0.25) is 0 Å². The average Bonchev–Trinajstić information content (AvgIpc) is 2.45. The fourth-order valence-corrected chi connectivity index (χ4v) is 1.76. The molecule has 0 bridgehead atoms. The Bertz CT molecular complexity index is 667. The van der Waals surface area contributed by atoms with Crippen molar-refractivity contribution in [1.29, 1.82) is 5.26 Å². The summed E-state index contributed by atoms with van der Waals surface area (Å²) in [6, 6.07) is 14.1. The van der Waals surface area contributed by atoms with Crippen LogP contribution in [0.3, 0.4) is 0 Å². The van der Waals surface area contributed by atoms with Crippen molar-refractivity contribution in [3.05, 3.63) is 65.2 Å². The van der Waals surface area contributed by atoms with Crippen LogP contribution >= 0.6 is 0 Å². The monoisotopic (exact) mass is 272 g/mol. The van der Waals surface area contributed by atoms with Gasteiger partial charge in [-0.05, 0) is 17.2 Å². The van der Waals surface area contributed by atoms with Gasteiger partial charge in [0.25, 0.3) is 0 Å². The average molecular weight is 272 g/mol. The summed E-state index contributed by atoms with van der Waals surface area (Å²) in [5.74, 6) is 0. The highest BCUT2D eigenvalue weighted by atomic mass is 19.4. The van der Waals surface area contributed by atoms with Gasteiger partial charge in [0.15, 0.2) is 0 Å². The van der Waals surface area contributed by atoms with E-state index < -0.39 is 12.4 Å². The van der Waals surface area contributed by atoms with Crippen molar-refractivity contribution in [2.24, 2.45) is 0 Å². The predicted octanol–water partition coefficient (Wildman–Crippen LogP) is 3.78. The van der Waals surface area contributed by atoms with Gasteiger partial charge in [-0.1, -0.05) is 54.6 Å². The molecule has 20 heavy (non-hydrogen) atoms. The summed E-state index contributed by atoms with van der Waals surface area (Å²) >= 11 is 0. The van der Waals surface area contributed by atoms with Crippen LogP contribution in [0, 0.1) is 11.3 Å². The molecule has 0 amide bonds. The second-order valence-corrected chi connectivity index (χ2v) is 4.27. The van der Waals surface area contributed by atoms with Crippen molar-refractivity contribution in [2.45, 2.75) is 0 Å². The summed E-state index contributed by atoms with van der Waals surface area (Å²) in [5.41, 5.74) is 1.30. The van der Waals surface area contributed by atoms with E-state index in [4.69, 9.17) is 5.26 Å². The largest absolute Gasteiger partial charge is 0.509 e. The molecule has 0 N–H and O–H groups in total. The Morgan fingerprint density at radius 1 is 0.900 bits per heavy atom. The zero-order valence-corrected chi connectivity index (χ0v) is 10.4. The maximum Gasteiger partial charge on any atom is 0.509 e. The molecule has 0 fully saturated rings. The van der Waals surface area contributed by atoms with E-state index in [2.05, 4.69) is 6.07 Å². The summed E-state index contributed by atoms with van der Waals surface area (Å²) in [5, 5.41) is 8.93. The summed E-state index contributed by atoms with van der Waals surface area (Å²) in [6.45, 7) is -4.95. The molecule has 0 heterocycles. The van der Waals surface area contributed by atoms with Crippen molar-refractivity contribution < 1.29 is 12.9 Å². The molecule has 0 aliphatic rings. The molecule has 0 radical (unpaired) electrons. The van der Waals surface area contributed by atoms with Crippen LogP contribution in [0.1, 0.15) is 16.7 Å². The first-order chi connectivity index (χ1) is 9.50. The first-order valence-electron chi connectivity index (χ1n) is 5.98. The summed E-state index contributed by atoms with van der Waals surface area (Å²) in [4.78, 5) is 0. The zero-order valence-electron chi connectivity index (χ0n) is 10.4. The molecule has 0 spiro atoms. The highest BCUT2D eigenvalue weighted by Crippen LogP contribution is 2.13. The lowest BCUT2D eigenvalue weighted by Crippen LogP contribution is -2.33. The highest BCUT2D eigenvalue weighted by Gasteiger charge is 2.24. The smallest absolute Gasteiger partial charge is 0.445 e. The van der Waals surface area contributed by atoms with Crippen molar-refractivity contribution in [3.8, 4) is 6.07 Å². The second-order valence-electron chi connectivity index (χ2n) is 4.27. The lowest BCUT2D eigenvalue weighted by atomic mass is 9.80. The molecule has 2 aromatic carbocycles. The molecule has 0 unspecified atom stereocenters. The van der Waals surface area contributed by atoms with Crippen LogP contribution < -0.4 is 5.46 Å². The molecule has 2 aromatic rings. The van der Waals surface area contributed by atoms with E-state index in [-0.39, 0.29) is 0 Å². The molecule has 0 aromatic heterocycles. The number of benzene rings is 2. The number of hydrogen-bond donors (Lipinski definition) is 0. The number of halogens is 3. The Balaban J connectivity index is 2.22. The quantitative estimate of drug-likeness (QED) is 0.616. The lowest BCUT2D eigenvalue weighted by molar-refractivity contribution is 0.501. The van der Waals surface area contributed by atoms with Gasteiger partial charge in [0.2, 0.25) is 0 Å². The fourth-order valence-electron chi connectivity index (χ4n) is 1.76. The van der Waals surface area contributed by atoms with Crippen LogP contribution in [0.4, 0.5) is 12.9 Å². The second kappa shape index (κ2) is 5.66. The number of hydrogen-bond acceptors (Lipinski definition) is 1. The molecule has 0 aliphatic heterocycles. The van der Waals surface area contributed by atoms with E-state index >= 15 is 0 Å². The van der Waals surface area contributed by atoms with E-state index in [1.807, 2.05) is 0 Å². The molecular formula is C15H10BF3N-. The Labute approximate surface area is 115 Å². The fraction of sp³-hybridized carbons (Fsp3) is 0. The molecular weight excluding hydrogens is 262 g/mol. The van der Waals surface area contributed by atoms with Crippen molar-refractivity contribution in [2.75, 3.05) is 0 Å². The summed E-state index contributed by atoms with van der Waals surface area (Å²) in [6.07, 6.45) is 3.40. The summed E-state index contributed by atoms with van der Waals surface area (Å²) < 4.78 is 37.4. The molecule has 0 saturated carbocycles. The van der Waals surface area contributed by atoms with Gasteiger partial charge >= 0.3 is 6.98 Å². The van der Waals surface area contributed by atoms with Crippen molar-refractivity contribution >= 4 is 24.6 Å². The number of rotatable bonds is 3. The summed E-state index contributed by atoms with van der Waals surface area (Å²) in [7, 11) is 0. The molecule has 5 heteroatoms. The Kier molecular flexibility index (Phi) is 3.95. The molecule has 100 valence electrons. The topological polar surface area (TPSA) is 23.8 Å². The molecule has 1 nitrogen and oxygen atoms in total.